The van der Waals surface area contributed by atoms with E-state index < -0.39 is 16.3 Å². The van der Waals surface area contributed by atoms with Gasteiger partial charge in [0.2, 0.25) is 0 Å². The summed E-state index contributed by atoms with van der Waals surface area (Å²) in [4.78, 5) is 0. The van der Waals surface area contributed by atoms with Gasteiger partial charge in [-0.25, -0.2) is 0 Å². The molecule has 1 fully saturated rings. The maximum Gasteiger partial charge on any atom is 0.281 e. The van der Waals surface area contributed by atoms with E-state index in [1.54, 1.807) is 0 Å². The second-order valence-corrected chi connectivity index (χ2v) is 8.36. The van der Waals surface area contributed by atoms with Gasteiger partial charge in [0.1, 0.15) is 0 Å². The monoisotopic (exact) mass is 334 g/mol. The van der Waals surface area contributed by atoms with Crippen LogP contribution >= 0.6 is 0 Å². The third kappa shape index (κ3) is 3.12. The lowest BCUT2D eigenvalue weighted by atomic mass is 9.87. The molecule has 2 aromatic carbocycles. The van der Waals surface area contributed by atoms with Gasteiger partial charge in [-0.2, -0.15) is 17.0 Å². The van der Waals surface area contributed by atoms with Crippen molar-refractivity contribution >= 4 is 21.0 Å². The smallest absolute Gasteiger partial charge is 0.281 e. The molecule has 2 aromatic rings. The Morgan fingerprint density at radius 3 is 2.48 bits per heavy atom. The van der Waals surface area contributed by atoms with E-state index in [-0.39, 0.29) is 12.5 Å². The van der Waals surface area contributed by atoms with Gasteiger partial charge in [-0.1, -0.05) is 42.5 Å². The fourth-order valence-electron chi connectivity index (χ4n) is 3.17. The minimum Gasteiger partial charge on any atom is -0.391 e. The Morgan fingerprint density at radius 1 is 1.13 bits per heavy atom. The van der Waals surface area contributed by atoms with Crippen LogP contribution in [0.2, 0.25) is 0 Å². The lowest BCUT2D eigenvalue weighted by Crippen LogP contribution is -2.49. The summed E-state index contributed by atoms with van der Waals surface area (Å²) in [5, 5.41) is 12.8. The van der Waals surface area contributed by atoms with Gasteiger partial charge in [-0.15, -0.1) is 0 Å². The van der Waals surface area contributed by atoms with Crippen molar-refractivity contribution in [2.24, 2.45) is 0 Å². The highest BCUT2D eigenvalue weighted by atomic mass is 32.2. The summed E-state index contributed by atoms with van der Waals surface area (Å²) in [5.74, 6) is -0.0341. The van der Waals surface area contributed by atoms with Crippen LogP contribution in [0, 0.1) is 0 Å². The second kappa shape index (κ2) is 6.20. The largest absolute Gasteiger partial charge is 0.391 e. The van der Waals surface area contributed by atoms with Crippen LogP contribution in [-0.2, 0) is 10.2 Å². The van der Waals surface area contributed by atoms with Crippen LogP contribution in [0.15, 0.2) is 42.5 Å². The van der Waals surface area contributed by atoms with Gasteiger partial charge >= 0.3 is 0 Å². The van der Waals surface area contributed by atoms with Crippen LogP contribution in [0.25, 0.3) is 10.8 Å². The molecular formula is C17H22N2O3S. The number of aliphatic hydroxyl groups is 1. The predicted octanol–water partition coefficient (Wildman–Crippen LogP) is 1.80. The van der Waals surface area contributed by atoms with Gasteiger partial charge in [0, 0.05) is 33.1 Å². The Labute approximate surface area is 137 Å². The predicted molar refractivity (Wildman–Crippen MR) is 91.5 cm³/mol. The van der Waals surface area contributed by atoms with Gasteiger partial charge in [-0.05, 0) is 22.8 Å². The number of fused-ring (bicyclic) bond motifs is 1. The number of piperidine rings is 1. The van der Waals surface area contributed by atoms with Gasteiger partial charge in [0.15, 0.2) is 0 Å². The normalized spacial score (nSPS) is 23.5. The fraction of sp³-hybridized carbons (Fsp3) is 0.412. The molecule has 1 aliphatic heterocycles. The summed E-state index contributed by atoms with van der Waals surface area (Å²) in [6.45, 7) is 0.563. The Balaban J connectivity index is 1.82. The molecule has 23 heavy (non-hydrogen) atoms. The lowest BCUT2D eigenvalue weighted by Gasteiger charge is -2.36. The van der Waals surface area contributed by atoms with Crippen LogP contribution in [-0.4, -0.2) is 55.4 Å². The zero-order chi connectivity index (χ0) is 16.6. The highest BCUT2D eigenvalue weighted by Crippen LogP contribution is 2.31. The standard InChI is InChI=1S/C17H22N2O3S/c1-18(2)23(21,22)19-10-9-16(17(20)12-19)15-8-7-13-5-3-4-6-14(13)11-15/h3-8,11,16-17,20H,9-10,12H2,1-2H3/t16-,17+/m0/s1. The number of benzene rings is 2. The summed E-state index contributed by atoms with van der Waals surface area (Å²) < 4.78 is 26.9. The summed E-state index contributed by atoms with van der Waals surface area (Å²) in [6.07, 6.45) is -0.0771. The summed E-state index contributed by atoms with van der Waals surface area (Å²) in [5.41, 5.74) is 1.07. The molecular weight excluding hydrogens is 312 g/mol. The van der Waals surface area contributed by atoms with Crippen molar-refractivity contribution in [1.29, 1.82) is 0 Å². The molecule has 0 amide bonds. The molecule has 1 aliphatic rings. The molecule has 0 aliphatic carbocycles. The first kappa shape index (κ1) is 16.4. The van der Waals surface area contributed by atoms with E-state index in [4.69, 9.17) is 0 Å². The van der Waals surface area contributed by atoms with Crippen molar-refractivity contribution in [3.05, 3.63) is 48.0 Å². The Kier molecular flexibility index (Phi) is 4.42. The van der Waals surface area contributed by atoms with Crippen molar-refractivity contribution < 1.29 is 13.5 Å². The number of aliphatic hydroxyl groups excluding tert-OH is 1. The van der Waals surface area contributed by atoms with Gasteiger partial charge in [0.05, 0.1) is 6.10 Å². The molecule has 0 radical (unpaired) electrons. The maximum absolute atomic E-state index is 12.2. The number of β-amino-alcohol motifs (C(OH)–C–C–N with tert-alkyl or cyclic N) is 1. The van der Waals surface area contributed by atoms with E-state index in [0.29, 0.717) is 13.0 Å². The molecule has 0 aromatic heterocycles. The topological polar surface area (TPSA) is 60.9 Å². The summed E-state index contributed by atoms with van der Waals surface area (Å²) in [6, 6.07) is 14.3. The molecule has 0 spiro atoms. The molecule has 6 heteroatoms. The van der Waals surface area contributed by atoms with Gasteiger partial charge in [-0.3, -0.25) is 0 Å². The number of hydrogen-bond donors (Lipinski definition) is 1. The molecule has 0 bridgehead atoms. The first-order valence-electron chi connectivity index (χ1n) is 7.74. The van der Waals surface area contributed by atoms with E-state index in [0.717, 1.165) is 10.9 Å². The number of nitrogens with zero attached hydrogens (tertiary/aromatic N) is 2. The average Bonchev–Trinajstić information content (AvgIpc) is 2.54. The van der Waals surface area contributed by atoms with Crippen molar-refractivity contribution in [3.8, 4) is 0 Å². The number of rotatable bonds is 3. The zero-order valence-electron chi connectivity index (χ0n) is 13.4. The first-order valence-corrected chi connectivity index (χ1v) is 9.13. The van der Waals surface area contributed by atoms with E-state index in [2.05, 4.69) is 24.3 Å². The van der Waals surface area contributed by atoms with E-state index >= 15 is 0 Å². The van der Waals surface area contributed by atoms with Crippen LogP contribution < -0.4 is 0 Å². The summed E-state index contributed by atoms with van der Waals surface area (Å²) in [7, 11) is -0.444. The van der Waals surface area contributed by atoms with Gasteiger partial charge < -0.3 is 5.11 Å². The van der Waals surface area contributed by atoms with Crippen LogP contribution in [0.5, 0.6) is 0 Å². The third-order valence-electron chi connectivity index (χ3n) is 4.53. The summed E-state index contributed by atoms with van der Waals surface area (Å²) >= 11 is 0. The van der Waals surface area contributed by atoms with Crippen molar-refractivity contribution in [3.63, 3.8) is 0 Å². The van der Waals surface area contributed by atoms with Gasteiger partial charge in [0.25, 0.3) is 10.2 Å². The molecule has 0 saturated carbocycles. The Morgan fingerprint density at radius 2 is 1.83 bits per heavy atom. The van der Waals surface area contributed by atoms with Crippen molar-refractivity contribution in [2.45, 2.75) is 18.4 Å². The fourth-order valence-corrected chi connectivity index (χ4v) is 4.31. The maximum atomic E-state index is 12.2. The van der Waals surface area contributed by atoms with Crippen molar-refractivity contribution in [2.75, 3.05) is 27.2 Å². The third-order valence-corrected chi connectivity index (χ3v) is 6.44. The molecule has 5 nitrogen and oxygen atoms in total. The second-order valence-electron chi connectivity index (χ2n) is 6.22. The Hall–Kier alpha value is -1.47. The first-order chi connectivity index (χ1) is 10.9. The van der Waals surface area contributed by atoms with E-state index in [9.17, 15) is 13.5 Å². The molecule has 1 saturated heterocycles. The number of hydrogen-bond acceptors (Lipinski definition) is 3. The zero-order valence-corrected chi connectivity index (χ0v) is 14.2. The molecule has 2 atom stereocenters. The Bertz CT molecular complexity index is 804. The quantitative estimate of drug-likeness (QED) is 0.931. The van der Waals surface area contributed by atoms with Crippen LogP contribution in [0.4, 0.5) is 0 Å². The molecule has 1 heterocycles. The SMILES string of the molecule is CN(C)S(=O)(=O)N1CC[C@@H](c2ccc3ccccc3c2)[C@H](O)C1. The minimum atomic E-state index is -3.47. The molecule has 0 unspecified atom stereocenters. The molecule has 124 valence electrons. The highest BCUT2D eigenvalue weighted by Gasteiger charge is 2.35. The van der Waals surface area contributed by atoms with Crippen LogP contribution in [0.1, 0.15) is 17.9 Å². The highest BCUT2D eigenvalue weighted by molar-refractivity contribution is 7.86. The molecule has 1 N–H and O–H groups in total. The lowest BCUT2D eigenvalue weighted by molar-refractivity contribution is 0.0835. The van der Waals surface area contributed by atoms with E-state index in [1.165, 1.54) is 28.1 Å². The average molecular weight is 334 g/mol. The minimum absolute atomic E-state index is 0.0341. The van der Waals surface area contributed by atoms with E-state index in [1.807, 2.05) is 18.2 Å². The van der Waals surface area contributed by atoms with Crippen LogP contribution in [0.3, 0.4) is 0 Å². The molecule has 3 rings (SSSR count). The van der Waals surface area contributed by atoms with Crippen molar-refractivity contribution in [1.82, 2.24) is 8.61 Å².